The molecule has 0 fully saturated rings. The number of aromatic nitrogens is 2. The molecule has 0 saturated carbocycles. The highest BCUT2D eigenvalue weighted by atomic mass is 32.1. The summed E-state index contributed by atoms with van der Waals surface area (Å²) in [5.41, 5.74) is 7.62. The van der Waals surface area contributed by atoms with E-state index in [0.717, 1.165) is 18.6 Å². The number of H-pyrrole nitrogens is 1. The lowest BCUT2D eigenvalue weighted by Gasteiger charge is -2.21. The number of aromatic amines is 1. The van der Waals surface area contributed by atoms with Crippen LogP contribution in [0.4, 0.5) is 0 Å². The van der Waals surface area contributed by atoms with E-state index in [2.05, 4.69) is 27.0 Å². The second-order valence-electron chi connectivity index (χ2n) is 5.13. The van der Waals surface area contributed by atoms with Crippen molar-refractivity contribution in [1.82, 2.24) is 14.9 Å². The van der Waals surface area contributed by atoms with E-state index in [0.29, 0.717) is 23.6 Å². The second kappa shape index (κ2) is 6.83. The molecule has 0 spiro atoms. The van der Waals surface area contributed by atoms with Gasteiger partial charge in [-0.1, -0.05) is 30.3 Å². The molecule has 3 N–H and O–H groups in total. The van der Waals surface area contributed by atoms with E-state index >= 15 is 0 Å². The molecule has 3 rings (SSSR count). The monoisotopic (exact) mass is 314 g/mol. The predicted octanol–water partition coefficient (Wildman–Crippen LogP) is 1.95. The average molecular weight is 314 g/mol. The Morgan fingerprint density at radius 2 is 2.00 bits per heavy atom. The Morgan fingerprint density at radius 1 is 1.18 bits per heavy atom. The standard InChI is InChI=1S/C16H18N4OS/c17-7-8-20(10-12-4-2-1-3-5-12)11-14-18-13-6-9-22-15(13)16(21)19-14/h1-6,9H,7-8,10-11,17H2,(H,18,19,21). The maximum Gasteiger partial charge on any atom is 0.268 e. The summed E-state index contributed by atoms with van der Waals surface area (Å²) >= 11 is 1.41. The van der Waals surface area contributed by atoms with Crippen LogP contribution in [0.25, 0.3) is 10.2 Å². The van der Waals surface area contributed by atoms with E-state index in [9.17, 15) is 4.79 Å². The van der Waals surface area contributed by atoms with Crippen LogP contribution in [0.5, 0.6) is 0 Å². The van der Waals surface area contributed by atoms with E-state index in [4.69, 9.17) is 5.73 Å². The molecule has 22 heavy (non-hydrogen) atoms. The number of benzene rings is 1. The van der Waals surface area contributed by atoms with Crippen LogP contribution in [0.1, 0.15) is 11.4 Å². The average Bonchev–Trinajstić information content (AvgIpc) is 2.97. The van der Waals surface area contributed by atoms with Gasteiger partial charge in [-0.2, -0.15) is 0 Å². The van der Waals surface area contributed by atoms with Gasteiger partial charge in [-0.05, 0) is 17.0 Å². The fourth-order valence-electron chi connectivity index (χ4n) is 2.45. The van der Waals surface area contributed by atoms with Gasteiger partial charge in [-0.3, -0.25) is 9.69 Å². The Bertz CT molecular complexity index is 797. The molecular weight excluding hydrogens is 296 g/mol. The number of fused-ring (bicyclic) bond motifs is 1. The maximum absolute atomic E-state index is 12.0. The first-order valence-electron chi connectivity index (χ1n) is 7.19. The summed E-state index contributed by atoms with van der Waals surface area (Å²) in [6, 6.07) is 12.1. The Labute approximate surface area is 132 Å². The molecule has 0 radical (unpaired) electrons. The summed E-state index contributed by atoms with van der Waals surface area (Å²) in [7, 11) is 0. The third-order valence-electron chi connectivity index (χ3n) is 3.43. The van der Waals surface area contributed by atoms with E-state index in [1.54, 1.807) is 0 Å². The summed E-state index contributed by atoms with van der Waals surface area (Å²) < 4.78 is 0.678. The van der Waals surface area contributed by atoms with E-state index in [1.165, 1.54) is 16.9 Å². The van der Waals surface area contributed by atoms with Crippen molar-refractivity contribution >= 4 is 21.6 Å². The van der Waals surface area contributed by atoms with Gasteiger partial charge in [0.15, 0.2) is 0 Å². The summed E-state index contributed by atoms with van der Waals surface area (Å²) in [4.78, 5) is 21.6. The largest absolute Gasteiger partial charge is 0.329 e. The highest BCUT2D eigenvalue weighted by molar-refractivity contribution is 7.17. The smallest absolute Gasteiger partial charge is 0.268 e. The zero-order valence-electron chi connectivity index (χ0n) is 12.2. The van der Waals surface area contributed by atoms with Crippen molar-refractivity contribution in [1.29, 1.82) is 0 Å². The van der Waals surface area contributed by atoms with E-state index in [1.807, 2.05) is 29.6 Å². The van der Waals surface area contributed by atoms with Crippen LogP contribution in [0.2, 0.25) is 0 Å². The van der Waals surface area contributed by atoms with E-state index in [-0.39, 0.29) is 5.56 Å². The van der Waals surface area contributed by atoms with Crippen molar-refractivity contribution in [3.05, 3.63) is 63.5 Å². The minimum Gasteiger partial charge on any atom is -0.329 e. The number of thiophene rings is 1. The molecule has 3 aromatic rings. The lowest BCUT2D eigenvalue weighted by atomic mass is 10.2. The lowest BCUT2D eigenvalue weighted by Crippen LogP contribution is -2.30. The van der Waals surface area contributed by atoms with Crippen LogP contribution >= 0.6 is 11.3 Å². The van der Waals surface area contributed by atoms with Crippen molar-refractivity contribution in [2.45, 2.75) is 13.1 Å². The fourth-order valence-corrected chi connectivity index (χ4v) is 3.17. The number of hydrogen-bond donors (Lipinski definition) is 2. The number of nitrogens with two attached hydrogens (primary N) is 1. The zero-order chi connectivity index (χ0) is 15.4. The molecule has 0 bridgehead atoms. The molecule has 2 heterocycles. The summed E-state index contributed by atoms with van der Waals surface area (Å²) in [6.45, 7) is 2.68. The van der Waals surface area contributed by atoms with E-state index < -0.39 is 0 Å². The van der Waals surface area contributed by atoms with Crippen LogP contribution in [-0.2, 0) is 13.1 Å². The molecule has 0 amide bonds. The summed E-state index contributed by atoms with van der Waals surface area (Å²) in [5, 5.41) is 1.89. The van der Waals surface area contributed by atoms with Gasteiger partial charge in [-0.15, -0.1) is 11.3 Å². The van der Waals surface area contributed by atoms with Crippen molar-refractivity contribution in [2.75, 3.05) is 13.1 Å². The molecule has 0 unspecified atom stereocenters. The Morgan fingerprint density at radius 3 is 2.77 bits per heavy atom. The van der Waals surface area contributed by atoms with Gasteiger partial charge >= 0.3 is 0 Å². The summed E-state index contributed by atoms with van der Waals surface area (Å²) in [6.07, 6.45) is 0. The second-order valence-corrected chi connectivity index (χ2v) is 6.05. The van der Waals surface area contributed by atoms with Gasteiger partial charge in [0, 0.05) is 19.6 Å². The highest BCUT2D eigenvalue weighted by Crippen LogP contribution is 2.14. The molecule has 114 valence electrons. The van der Waals surface area contributed by atoms with Gasteiger partial charge in [0.2, 0.25) is 0 Å². The zero-order valence-corrected chi connectivity index (χ0v) is 13.0. The van der Waals surface area contributed by atoms with Gasteiger partial charge < -0.3 is 10.7 Å². The highest BCUT2D eigenvalue weighted by Gasteiger charge is 2.10. The van der Waals surface area contributed by atoms with Crippen LogP contribution in [-0.4, -0.2) is 28.0 Å². The lowest BCUT2D eigenvalue weighted by molar-refractivity contribution is 0.258. The van der Waals surface area contributed by atoms with Crippen molar-refractivity contribution in [3.63, 3.8) is 0 Å². The first kappa shape index (κ1) is 14.9. The third-order valence-corrected chi connectivity index (χ3v) is 4.33. The molecule has 0 aliphatic heterocycles. The van der Waals surface area contributed by atoms with Crippen LogP contribution < -0.4 is 11.3 Å². The Kier molecular flexibility index (Phi) is 4.62. The first-order chi connectivity index (χ1) is 10.8. The quantitative estimate of drug-likeness (QED) is 0.729. The topological polar surface area (TPSA) is 75.0 Å². The van der Waals surface area contributed by atoms with Crippen LogP contribution in [0, 0.1) is 0 Å². The maximum atomic E-state index is 12.0. The number of nitrogens with zero attached hydrogens (tertiary/aromatic N) is 2. The van der Waals surface area contributed by atoms with Crippen molar-refractivity contribution in [3.8, 4) is 0 Å². The van der Waals surface area contributed by atoms with Gasteiger partial charge in [-0.25, -0.2) is 4.98 Å². The summed E-state index contributed by atoms with van der Waals surface area (Å²) in [5.74, 6) is 0.681. The molecule has 2 aromatic heterocycles. The molecule has 1 aromatic carbocycles. The molecule has 0 aliphatic carbocycles. The third kappa shape index (κ3) is 3.41. The van der Waals surface area contributed by atoms with Gasteiger partial charge in [0.05, 0.1) is 12.1 Å². The molecule has 5 nitrogen and oxygen atoms in total. The van der Waals surface area contributed by atoms with Crippen molar-refractivity contribution < 1.29 is 0 Å². The minimum atomic E-state index is -0.0672. The van der Waals surface area contributed by atoms with Gasteiger partial charge in [0.25, 0.3) is 5.56 Å². The minimum absolute atomic E-state index is 0.0672. The van der Waals surface area contributed by atoms with Crippen LogP contribution in [0.15, 0.2) is 46.6 Å². The SMILES string of the molecule is NCCN(Cc1ccccc1)Cc1nc2ccsc2c(=O)[nH]1. The van der Waals surface area contributed by atoms with Gasteiger partial charge in [0.1, 0.15) is 10.5 Å². The Balaban J connectivity index is 1.81. The molecule has 0 aliphatic rings. The molecule has 0 atom stereocenters. The number of rotatable bonds is 6. The van der Waals surface area contributed by atoms with Crippen LogP contribution in [0.3, 0.4) is 0 Å². The molecular formula is C16H18N4OS. The molecule has 0 saturated heterocycles. The first-order valence-corrected chi connectivity index (χ1v) is 8.07. The molecule has 6 heteroatoms. The fraction of sp³-hybridized carbons (Fsp3) is 0.250. The number of nitrogens with one attached hydrogen (secondary N) is 1. The number of hydrogen-bond acceptors (Lipinski definition) is 5. The Hall–Kier alpha value is -2.02. The predicted molar refractivity (Wildman–Crippen MR) is 89.9 cm³/mol. The normalized spacial score (nSPS) is 11.4. The van der Waals surface area contributed by atoms with Crippen molar-refractivity contribution in [2.24, 2.45) is 5.73 Å².